The molecule has 0 aliphatic heterocycles. The Balaban J connectivity index is 2.30. The zero-order valence-electron chi connectivity index (χ0n) is 11.8. The van der Waals surface area contributed by atoms with E-state index < -0.39 is 0 Å². The molecule has 1 unspecified atom stereocenters. The first-order valence-corrected chi connectivity index (χ1v) is 7.04. The molecule has 3 heteroatoms. The van der Waals surface area contributed by atoms with Crippen LogP contribution in [0.5, 0.6) is 0 Å². The minimum Gasteiger partial charge on any atom is -0.335 e. The standard InChI is InChI=1S/C16H23N3/c1-3-10-16(17,14-8-6-5-7-9-14)13-15-18-11-12-19(15)4-2/h5-9,11-12H,3-4,10,13,17H2,1-2H3. The molecule has 1 aromatic carbocycles. The number of hydrogen-bond acceptors (Lipinski definition) is 2. The second kappa shape index (κ2) is 6.02. The van der Waals surface area contributed by atoms with Gasteiger partial charge in [-0.05, 0) is 18.9 Å². The fourth-order valence-corrected chi connectivity index (χ4v) is 2.63. The molecule has 19 heavy (non-hydrogen) atoms. The molecule has 102 valence electrons. The molecule has 2 N–H and O–H groups in total. The second-order valence-corrected chi connectivity index (χ2v) is 5.08. The van der Waals surface area contributed by atoms with Gasteiger partial charge in [-0.1, -0.05) is 43.7 Å². The summed E-state index contributed by atoms with van der Waals surface area (Å²) in [4.78, 5) is 4.46. The van der Waals surface area contributed by atoms with Gasteiger partial charge in [-0.3, -0.25) is 0 Å². The maximum Gasteiger partial charge on any atom is 0.110 e. The summed E-state index contributed by atoms with van der Waals surface area (Å²) in [5, 5.41) is 0. The quantitative estimate of drug-likeness (QED) is 0.864. The molecule has 0 spiro atoms. The molecule has 0 aliphatic carbocycles. The van der Waals surface area contributed by atoms with Crippen molar-refractivity contribution in [3.63, 3.8) is 0 Å². The first-order chi connectivity index (χ1) is 9.19. The Bertz CT molecular complexity index is 504. The van der Waals surface area contributed by atoms with E-state index in [1.165, 1.54) is 5.56 Å². The lowest BCUT2D eigenvalue weighted by Gasteiger charge is -2.30. The molecule has 0 fully saturated rings. The van der Waals surface area contributed by atoms with E-state index in [-0.39, 0.29) is 5.54 Å². The third-order valence-corrected chi connectivity index (χ3v) is 3.66. The van der Waals surface area contributed by atoms with Crippen LogP contribution in [0.4, 0.5) is 0 Å². The smallest absolute Gasteiger partial charge is 0.110 e. The van der Waals surface area contributed by atoms with Crippen LogP contribution in [0, 0.1) is 0 Å². The monoisotopic (exact) mass is 257 g/mol. The molecular formula is C16H23N3. The Hall–Kier alpha value is -1.61. The van der Waals surface area contributed by atoms with Gasteiger partial charge < -0.3 is 10.3 Å². The van der Waals surface area contributed by atoms with E-state index in [1.807, 2.05) is 18.5 Å². The average molecular weight is 257 g/mol. The van der Waals surface area contributed by atoms with Gasteiger partial charge in [0.05, 0.1) is 0 Å². The number of benzene rings is 1. The van der Waals surface area contributed by atoms with Crippen molar-refractivity contribution in [3.8, 4) is 0 Å². The normalized spacial score (nSPS) is 14.3. The zero-order valence-corrected chi connectivity index (χ0v) is 11.8. The lowest BCUT2D eigenvalue weighted by atomic mass is 9.83. The topological polar surface area (TPSA) is 43.8 Å². The lowest BCUT2D eigenvalue weighted by molar-refractivity contribution is 0.386. The van der Waals surface area contributed by atoms with Gasteiger partial charge >= 0.3 is 0 Å². The van der Waals surface area contributed by atoms with Gasteiger partial charge in [-0.25, -0.2) is 4.98 Å². The second-order valence-electron chi connectivity index (χ2n) is 5.08. The Kier molecular flexibility index (Phi) is 4.38. The van der Waals surface area contributed by atoms with E-state index in [4.69, 9.17) is 5.73 Å². The molecule has 2 rings (SSSR count). The molecule has 1 heterocycles. The van der Waals surface area contributed by atoms with Crippen LogP contribution in [0.25, 0.3) is 0 Å². The minimum atomic E-state index is -0.325. The Morgan fingerprint density at radius 1 is 1.21 bits per heavy atom. The Morgan fingerprint density at radius 3 is 2.58 bits per heavy atom. The van der Waals surface area contributed by atoms with E-state index in [0.29, 0.717) is 0 Å². The highest BCUT2D eigenvalue weighted by Gasteiger charge is 2.28. The van der Waals surface area contributed by atoms with Gasteiger partial charge in [-0.2, -0.15) is 0 Å². The highest BCUT2D eigenvalue weighted by atomic mass is 15.1. The van der Waals surface area contributed by atoms with Crippen molar-refractivity contribution in [2.75, 3.05) is 0 Å². The highest BCUT2D eigenvalue weighted by molar-refractivity contribution is 5.25. The molecule has 0 saturated carbocycles. The lowest BCUT2D eigenvalue weighted by Crippen LogP contribution is -2.39. The SMILES string of the molecule is CCCC(N)(Cc1nccn1CC)c1ccccc1. The van der Waals surface area contributed by atoms with Crippen molar-refractivity contribution in [2.24, 2.45) is 5.73 Å². The van der Waals surface area contributed by atoms with Crippen LogP contribution in [0.3, 0.4) is 0 Å². The molecular weight excluding hydrogens is 234 g/mol. The summed E-state index contributed by atoms with van der Waals surface area (Å²) in [6.07, 6.45) is 6.69. The van der Waals surface area contributed by atoms with Gasteiger partial charge in [0.25, 0.3) is 0 Å². The third kappa shape index (κ3) is 3.04. The van der Waals surface area contributed by atoms with Crippen LogP contribution in [-0.2, 0) is 18.5 Å². The van der Waals surface area contributed by atoms with Gasteiger partial charge in [0, 0.05) is 30.9 Å². The van der Waals surface area contributed by atoms with Crippen LogP contribution < -0.4 is 5.73 Å². The predicted molar refractivity (Wildman–Crippen MR) is 78.8 cm³/mol. The predicted octanol–water partition coefficient (Wildman–Crippen LogP) is 3.10. The van der Waals surface area contributed by atoms with Crippen LogP contribution in [0.15, 0.2) is 42.7 Å². The molecule has 3 nitrogen and oxygen atoms in total. The van der Waals surface area contributed by atoms with E-state index in [2.05, 4.69) is 47.7 Å². The van der Waals surface area contributed by atoms with E-state index in [0.717, 1.165) is 31.6 Å². The number of aromatic nitrogens is 2. The fraction of sp³-hybridized carbons (Fsp3) is 0.438. The number of hydrogen-bond donors (Lipinski definition) is 1. The summed E-state index contributed by atoms with van der Waals surface area (Å²) in [6, 6.07) is 10.4. The van der Waals surface area contributed by atoms with Gasteiger partial charge in [0.15, 0.2) is 0 Å². The molecule has 0 saturated heterocycles. The van der Waals surface area contributed by atoms with Crippen molar-refractivity contribution in [2.45, 2.75) is 45.2 Å². The summed E-state index contributed by atoms with van der Waals surface area (Å²) in [5.74, 6) is 1.07. The molecule has 1 aromatic heterocycles. The third-order valence-electron chi connectivity index (χ3n) is 3.66. The van der Waals surface area contributed by atoms with Crippen LogP contribution in [0.1, 0.15) is 38.1 Å². The van der Waals surface area contributed by atoms with Crippen LogP contribution >= 0.6 is 0 Å². The first kappa shape index (κ1) is 13.8. The largest absolute Gasteiger partial charge is 0.335 e. The van der Waals surface area contributed by atoms with Crippen molar-refractivity contribution >= 4 is 0 Å². The average Bonchev–Trinajstić information content (AvgIpc) is 2.87. The Labute approximate surface area is 115 Å². The number of rotatable bonds is 6. The van der Waals surface area contributed by atoms with Gasteiger partial charge in [0.2, 0.25) is 0 Å². The summed E-state index contributed by atoms with van der Waals surface area (Å²) in [6.45, 7) is 5.24. The summed E-state index contributed by atoms with van der Waals surface area (Å²) < 4.78 is 2.17. The van der Waals surface area contributed by atoms with Crippen molar-refractivity contribution < 1.29 is 0 Å². The number of nitrogens with two attached hydrogens (primary N) is 1. The number of nitrogens with zero attached hydrogens (tertiary/aromatic N) is 2. The maximum atomic E-state index is 6.69. The molecule has 0 bridgehead atoms. The van der Waals surface area contributed by atoms with E-state index >= 15 is 0 Å². The number of imidazole rings is 1. The summed E-state index contributed by atoms with van der Waals surface area (Å²) >= 11 is 0. The van der Waals surface area contributed by atoms with Crippen LogP contribution in [-0.4, -0.2) is 9.55 Å². The van der Waals surface area contributed by atoms with Gasteiger partial charge in [-0.15, -0.1) is 0 Å². The van der Waals surface area contributed by atoms with E-state index in [9.17, 15) is 0 Å². The van der Waals surface area contributed by atoms with Crippen molar-refractivity contribution in [1.29, 1.82) is 0 Å². The Morgan fingerprint density at radius 2 is 1.95 bits per heavy atom. The molecule has 2 aromatic rings. The first-order valence-electron chi connectivity index (χ1n) is 7.04. The zero-order chi connectivity index (χ0) is 13.7. The number of aryl methyl sites for hydroxylation is 1. The minimum absolute atomic E-state index is 0.325. The van der Waals surface area contributed by atoms with E-state index in [1.54, 1.807) is 0 Å². The fourth-order valence-electron chi connectivity index (χ4n) is 2.63. The van der Waals surface area contributed by atoms with Crippen molar-refractivity contribution in [1.82, 2.24) is 9.55 Å². The molecule has 1 atom stereocenters. The summed E-state index contributed by atoms with van der Waals surface area (Å²) in [7, 11) is 0. The molecule has 0 amide bonds. The maximum absolute atomic E-state index is 6.69. The van der Waals surface area contributed by atoms with Crippen molar-refractivity contribution in [3.05, 3.63) is 54.1 Å². The molecule has 0 radical (unpaired) electrons. The summed E-state index contributed by atoms with van der Waals surface area (Å²) in [5.41, 5.74) is 7.56. The highest BCUT2D eigenvalue weighted by Crippen LogP contribution is 2.27. The van der Waals surface area contributed by atoms with Gasteiger partial charge in [0.1, 0.15) is 5.82 Å². The molecule has 0 aliphatic rings. The van der Waals surface area contributed by atoms with Crippen LogP contribution in [0.2, 0.25) is 0 Å².